The highest BCUT2D eigenvalue weighted by Crippen LogP contribution is 2.40. The molecular formula is C38H49ClN8O2. The number of likely N-dealkylation sites (N-methyl/N-ethyl adjacent to an activating group) is 1. The van der Waals surface area contributed by atoms with Gasteiger partial charge in [0.2, 0.25) is 5.91 Å². The molecular weight excluding hydrogens is 636 g/mol. The Kier molecular flexibility index (Phi) is 10.9. The van der Waals surface area contributed by atoms with Crippen molar-refractivity contribution in [2.75, 3.05) is 76.3 Å². The van der Waals surface area contributed by atoms with E-state index in [1.807, 2.05) is 37.2 Å². The molecule has 1 unspecified atom stereocenters. The molecule has 10 nitrogen and oxygen atoms in total. The van der Waals surface area contributed by atoms with E-state index >= 15 is 0 Å². The average Bonchev–Trinajstić information content (AvgIpc) is 3.70. The number of nitrogens with zero attached hydrogens (tertiary/aromatic N) is 8. The maximum atomic E-state index is 13.0. The van der Waals surface area contributed by atoms with Crippen LogP contribution in [-0.2, 0) is 17.8 Å². The fraction of sp³-hybridized carbons (Fsp3) is 0.526. The Bertz CT molecular complexity index is 1700. The number of carbonyl (C=O) groups is 1. The van der Waals surface area contributed by atoms with Crippen LogP contribution in [0.3, 0.4) is 0 Å². The third kappa shape index (κ3) is 7.49. The summed E-state index contributed by atoms with van der Waals surface area (Å²) in [4.78, 5) is 34.5. The highest BCUT2D eigenvalue weighted by atomic mass is 35.5. The van der Waals surface area contributed by atoms with E-state index in [0.717, 1.165) is 72.1 Å². The van der Waals surface area contributed by atoms with Gasteiger partial charge in [0.25, 0.3) is 0 Å². The first-order chi connectivity index (χ1) is 23.7. The summed E-state index contributed by atoms with van der Waals surface area (Å²) >= 11 is 6.75. The lowest BCUT2D eigenvalue weighted by atomic mass is 9.95. The monoisotopic (exact) mass is 684 g/mol. The van der Waals surface area contributed by atoms with E-state index in [-0.39, 0.29) is 17.5 Å². The van der Waals surface area contributed by atoms with Crippen molar-refractivity contribution in [3.8, 4) is 12.1 Å². The van der Waals surface area contributed by atoms with Crippen LogP contribution in [0.1, 0.15) is 50.8 Å². The fourth-order valence-corrected chi connectivity index (χ4v) is 8.04. The first kappa shape index (κ1) is 34.9. The molecule has 0 aliphatic carbocycles. The molecule has 1 aromatic heterocycles. The van der Waals surface area contributed by atoms with Crippen LogP contribution in [0.15, 0.2) is 48.6 Å². The summed E-state index contributed by atoms with van der Waals surface area (Å²) in [5.74, 6) is 1.04. The van der Waals surface area contributed by atoms with Crippen LogP contribution in [0.4, 0.5) is 11.5 Å². The Morgan fingerprint density at radius 3 is 2.43 bits per heavy atom. The lowest BCUT2D eigenvalue weighted by Crippen LogP contribution is -2.49. The smallest absolute Gasteiger partial charge is 0.318 e. The molecule has 49 heavy (non-hydrogen) atoms. The van der Waals surface area contributed by atoms with Gasteiger partial charge in [0.1, 0.15) is 12.4 Å². The highest BCUT2D eigenvalue weighted by molar-refractivity contribution is 6.36. The van der Waals surface area contributed by atoms with Crippen molar-refractivity contribution in [2.24, 2.45) is 0 Å². The minimum Gasteiger partial charge on any atom is -0.461 e. The quantitative estimate of drug-likeness (QED) is 0.284. The number of benzene rings is 2. The number of aromatic nitrogens is 2. The van der Waals surface area contributed by atoms with E-state index in [9.17, 15) is 4.79 Å². The average molecular weight is 685 g/mol. The Morgan fingerprint density at radius 2 is 1.73 bits per heavy atom. The maximum Gasteiger partial charge on any atom is 0.318 e. The summed E-state index contributed by atoms with van der Waals surface area (Å²) in [6.07, 6.45) is 9.35. The standard InChI is InChI=1S/C36H46ClN7O2.C2H3N/c1-26(40(2)3)12-13-32(45)41-20-22-42(23-21-41)34-28-14-19-43(31-11-5-9-27-8-4-10-29(37)33(27)31)24-30(28)38-35(39-34)46-25-36-15-6-17-44(36)18-7-16-36;1-2-3/h4-5,8-13,26H,6-7,14-25H2,1-3H3;1H3/b13-12+;. The van der Waals surface area contributed by atoms with Gasteiger partial charge in [-0.2, -0.15) is 15.2 Å². The molecule has 1 atom stereocenters. The second-order valence-corrected chi connectivity index (χ2v) is 14.3. The van der Waals surface area contributed by atoms with Crippen LogP contribution in [0.5, 0.6) is 6.01 Å². The number of hydrogen-bond acceptors (Lipinski definition) is 9. The van der Waals surface area contributed by atoms with E-state index in [0.29, 0.717) is 32.3 Å². The zero-order valence-corrected chi connectivity index (χ0v) is 30.1. The van der Waals surface area contributed by atoms with Crippen LogP contribution < -0.4 is 14.5 Å². The summed E-state index contributed by atoms with van der Waals surface area (Å²) in [6, 6.07) is 14.9. The number of carbonyl (C=O) groups excluding carboxylic acids is 1. The van der Waals surface area contributed by atoms with Gasteiger partial charge in [-0.3, -0.25) is 9.69 Å². The van der Waals surface area contributed by atoms with Crippen molar-refractivity contribution in [1.29, 1.82) is 5.26 Å². The molecule has 2 aromatic carbocycles. The number of fused-ring (bicyclic) bond motifs is 3. The van der Waals surface area contributed by atoms with E-state index in [1.165, 1.54) is 38.2 Å². The molecule has 0 saturated carbocycles. The molecule has 260 valence electrons. The summed E-state index contributed by atoms with van der Waals surface area (Å²) in [6.45, 7) is 10.8. The molecule has 5 heterocycles. The van der Waals surface area contributed by atoms with E-state index < -0.39 is 0 Å². The van der Waals surface area contributed by atoms with Crippen molar-refractivity contribution >= 4 is 39.8 Å². The number of ether oxygens (including phenoxy) is 1. The SMILES string of the molecule is CC#N.CC(/C=C/C(=O)N1CCN(c2nc(OCC34CCCN3CCC4)nc3c2CCN(c2cccc4cccc(Cl)c24)C3)CC1)N(C)C. The molecule has 3 fully saturated rings. The second kappa shape index (κ2) is 15.3. The van der Waals surface area contributed by atoms with Gasteiger partial charge in [-0.1, -0.05) is 41.9 Å². The van der Waals surface area contributed by atoms with Crippen LogP contribution >= 0.6 is 11.6 Å². The molecule has 3 aromatic rings. The molecule has 0 bridgehead atoms. The lowest BCUT2D eigenvalue weighted by molar-refractivity contribution is -0.126. The van der Waals surface area contributed by atoms with Crippen LogP contribution in [0.25, 0.3) is 10.8 Å². The van der Waals surface area contributed by atoms with Gasteiger partial charge >= 0.3 is 6.01 Å². The van der Waals surface area contributed by atoms with Gasteiger partial charge in [0, 0.05) is 68.4 Å². The molecule has 4 aliphatic rings. The van der Waals surface area contributed by atoms with Crippen LogP contribution in [-0.4, -0.2) is 109 Å². The molecule has 0 N–H and O–H groups in total. The Balaban J connectivity index is 0.00000134. The molecule has 1 amide bonds. The van der Waals surface area contributed by atoms with Crippen molar-refractivity contribution in [2.45, 2.75) is 64.1 Å². The van der Waals surface area contributed by atoms with Gasteiger partial charge < -0.3 is 24.3 Å². The topological polar surface area (TPSA) is 92.1 Å². The van der Waals surface area contributed by atoms with E-state index in [2.05, 4.69) is 50.8 Å². The largest absolute Gasteiger partial charge is 0.461 e. The zero-order chi connectivity index (χ0) is 34.5. The molecule has 7 rings (SSSR count). The Morgan fingerprint density at radius 1 is 1.04 bits per heavy atom. The number of anilines is 2. The Labute approximate surface area is 295 Å². The molecule has 11 heteroatoms. The number of amides is 1. The van der Waals surface area contributed by atoms with Crippen molar-refractivity contribution < 1.29 is 9.53 Å². The van der Waals surface area contributed by atoms with Gasteiger partial charge in [0.15, 0.2) is 0 Å². The predicted octanol–water partition coefficient (Wildman–Crippen LogP) is 5.54. The molecule has 0 spiro atoms. The maximum absolute atomic E-state index is 13.0. The van der Waals surface area contributed by atoms with Gasteiger partial charge in [-0.25, -0.2) is 0 Å². The number of piperazine rings is 1. The third-order valence-electron chi connectivity index (χ3n) is 10.7. The number of rotatable bonds is 8. The highest BCUT2D eigenvalue weighted by Gasteiger charge is 2.45. The fourth-order valence-electron chi connectivity index (χ4n) is 7.76. The van der Waals surface area contributed by atoms with Crippen LogP contribution in [0.2, 0.25) is 5.02 Å². The summed E-state index contributed by atoms with van der Waals surface area (Å²) < 4.78 is 6.55. The molecule has 3 saturated heterocycles. The minimum absolute atomic E-state index is 0.0726. The summed E-state index contributed by atoms with van der Waals surface area (Å²) in [5, 5.41) is 10.3. The number of hydrogen-bond donors (Lipinski definition) is 0. The first-order valence-corrected chi connectivity index (χ1v) is 18.0. The van der Waals surface area contributed by atoms with E-state index in [1.54, 1.807) is 12.1 Å². The Hall–Kier alpha value is -3.91. The summed E-state index contributed by atoms with van der Waals surface area (Å²) in [7, 11) is 4.04. The second-order valence-electron chi connectivity index (χ2n) is 13.8. The lowest BCUT2D eigenvalue weighted by Gasteiger charge is -2.38. The van der Waals surface area contributed by atoms with Crippen molar-refractivity contribution in [1.82, 2.24) is 24.7 Å². The van der Waals surface area contributed by atoms with Gasteiger partial charge in [0.05, 0.1) is 28.9 Å². The third-order valence-corrected chi connectivity index (χ3v) is 11.0. The predicted molar refractivity (Wildman–Crippen MR) is 196 cm³/mol. The first-order valence-electron chi connectivity index (χ1n) is 17.6. The minimum atomic E-state index is 0.0726. The number of nitriles is 1. The molecule has 0 radical (unpaired) electrons. The van der Waals surface area contributed by atoms with Crippen LogP contribution in [0, 0.1) is 11.3 Å². The van der Waals surface area contributed by atoms with Gasteiger partial charge in [-0.15, -0.1) is 0 Å². The van der Waals surface area contributed by atoms with E-state index in [4.69, 9.17) is 31.6 Å². The van der Waals surface area contributed by atoms with Gasteiger partial charge in [-0.05, 0) is 83.7 Å². The van der Waals surface area contributed by atoms with Crippen molar-refractivity contribution in [3.05, 3.63) is 64.8 Å². The molecule has 4 aliphatic heterocycles. The summed E-state index contributed by atoms with van der Waals surface area (Å²) in [5.41, 5.74) is 3.46. The normalized spacial score (nSPS) is 19.4. The van der Waals surface area contributed by atoms with Crippen molar-refractivity contribution in [3.63, 3.8) is 0 Å². The zero-order valence-electron chi connectivity index (χ0n) is 29.4. The number of halogens is 1.